The lowest BCUT2D eigenvalue weighted by Gasteiger charge is -2.12. The third-order valence-electron chi connectivity index (χ3n) is 19.7. The molecule has 6 heterocycles. The first-order valence-electron chi connectivity index (χ1n) is 34.6. The summed E-state index contributed by atoms with van der Waals surface area (Å²) < 4.78 is 0. The fourth-order valence-corrected chi connectivity index (χ4v) is 14.1. The number of rotatable bonds is 10. The maximum Gasteiger partial charge on any atom is 0.164 e. The monoisotopic (exact) mass is 1330 g/mol. The van der Waals surface area contributed by atoms with Crippen molar-refractivity contribution in [2.75, 3.05) is 0 Å². The van der Waals surface area contributed by atoms with Gasteiger partial charge < -0.3 is 0 Å². The molecule has 484 valence electrons. The van der Waals surface area contributed by atoms with Gasteiger partial charge in [0.15, 0.2) is 34.9 Å². The summed E-state index contributed by atoms with van der Waals surface area (Å²) in [4.78, 5) is 47.6. The van der Waals surface area contributed by atoms with Crippen LogP contribution in [0.1, 0.15) is 0 Å². The lowest BCUT2D eigenvalue weighted by atomic mass is 9.99. The van der Waals surface area contributed by atoms with Crippen molar-refractivity contribution in [1.29, 1.82) is 0 Å². The van der Waals surface area contributed by atoms with Gasteiger partial charge in [0.1, 0.15) is 0 Å². The summed E-state index contributed by atoms with van der Waals surface area (Å²) in [5.74, 6) is 3.78. The summed E-state index contributed by atoms with van der Waals surface area (Å²) >= 11 is 0. The number of hydrogen-bond acceptors (Lipinski definition) is 10. The zero-order valence-electron chi connectivity index (χ0n) is 56.0. The summed E-state index contributed by atoms with van der Waals surface area (Å²) in [6.07, 6.45) is 14.9. The Hall–Kier alpha value is -14.2. The van der Waals surface area contributed by atoms with Crippen LogP contribution in [0.2, 0.25) is 0 Å². The number of hydrogen-bond donors (Lipinski definition) is 0. The van der Waals surface area contributed by atoms with E-state index in [1.807, 2.05) is 73.8 Å². The van der Waals surface area contributed by atoms with Crippen molar-refractivity contribution in [2.24, 2.45) is 0 Å². The van der Waals surface area contributed by atoms with Crippen molar-refractivity contribution in [1.82, 2.24) is 49.8 Å². The van der Waals surface area contributed by atoms with Crippen molar-refractivity contribution < 1.29 is 0 Å². The Labute approximate surface area is 598 Å². The first-order chi connectivity index (χ1) is 51.4. The van der Waals surface area contributed by atoms with Gasteiger partial charge >= 0.3 is 0 Å². The van der Waals surface area contributed by atoms with Crippen molar-refractivity contribution in [2.45, 2.75) is 0 Å². The van der Waals surface area contributed by atoms with Crippen LogP contribution in [-0.2, 0) is 0 Å². The topological polar surface area (TPSA) is 129 Å². The Morgan fingerprint density at radius 2 is 0.394 bits per heavy atom. The molecule has 0 aliphatic heterocycles. The third kappa shape index (κ3) is 12.0. The maximum absolute atomic E-state index is 5.13. The Morgan fingerprint density at radius 3 is 0.769 bits per heavy atom. The van der Waals surface area contributed by atoms with Gasteiger partial charge in [-0.25, -0.2) is 29.9 Å². The molecule has 0 N–H and O–H groups in total. The molecule has 10 nitrogen and oxygen atoms in total. The van der Waals surface area contributed by atoms with Crippen LogP contribution >= 0.6 is 0 Å². The normalized spacial score (nSPS) is 11.5. The largest absolute Gasteiger partial charge is 0.264 e. The standard InChI is InChI=1S/2C47H29N5/c1-2-5-35-27-44-40(26-34(35)4-1)6-3-7-43(44)47-51-45(32-12-8-30(9-13-32)36-16-18-41-28-48-22-20-38(41)24-36)50-46(52-47)33-14-10-31(11-15-33)37-17-19-42-29-49-23-21-39(42)25-37;1-2-4-35-26-44-27-41(16-13-38(44)23-34(35)3-1)47-51-45(32-9-5-30(6-10-32)36-14-17-42-28-48-21-19-39(42)24-36)50-46(52-47)33-11-7-31(8-12-33)37-15-18-43-29-49-22-20-40(43)25-37/h2*1-29H. The quantitative estimate of drug-likeness (QED) is 0.122. The molecule has 0 atom stereocenters. The molecule has 0 radical (unpaired) electrons. The minimum atomic E-state index is 0.626. The first kappa shape index (κ1) is 60.9. The number of fused-ring (bicyclic) bond motifs is 8. The first-order valence-corrected chi connectivity index (χ1v) is 34.6. The lowest BCUT2D eigenvalue weighted by Crippen LogP contribution is -2.00. The van der Waals surface area contributed by atoms with E-state index in [2.05, 4.69) is 299 Å². The minimum absolute atomic E-state index is 0.626. The van der Waals surface area contributed by atoms with E-state index in [-0.39, 0.29) is 0 Å². The van der Waals surface area contributed by atoms with Crippen LogP contribution in [0.5, 0.6) is 0 Å². The van der Waals surface area contributed by atoms with Crippen LogP contribution < -0.4 is 0 Å². The van der Waals surface area contributed by atoms with E-state index in [9.17, 15) is 0 Å². The molecule has 10 heteroatoms. The minimum Gasteiger partial charge on any atom is -0.264 e. The molecule has 0 saturated carbocycles. The van der Waals surface area contributed by atoms with E-state index >= 15 is 0 Å². The molecule has 104 heavy (non-hydrogen) atoms. The number of pyridine rings is 4. The predicted molar refractivity (Wildman–Crippen MR) is 425 cm³/mol. The van der Waals surface area contributed by atoms with Crippen LogP contribution in [0.3, 0.4) is 0 Å². The van der Waals surface area contributed by atoms with Crippen molar-refractivity contribution in [3.05, 3.63) is 353 Å². The smallest absolute Gasteiger partial charge is 0.164 e. The summed E-state index contributed by atoms with van der Waals surface area (Å²) in [7, 11) is 0. The van der Waals surface area contributed by atoms with Gasteiger partial charge in [-0.15, -0.1) is 0 Å². The molecule has 0 saturated heterocycles. The maximum atomic E-state index is 5.13. The van der Waals surface area contributed by atoms with Gasteiger partial charge in [-0.2, -0.15) is 0 Å². The van der Waals surface area contributed by atoms with E-state index in [4.69, 9.17) is 29.9 Å². The molecule has 0 bridgehead atoms. The SMILES string of the molecule is c1ccc2cc3c(-c4nc(-c5ccc(-c6ccc7cnccc7c6)cc5)nc(-c5ccc(-c6ccc7cnccc7c6)cc5)n4)cccc3cc2c1.c1ccc2cc3cc(-c4nc(-c5ccc(-c6ccc7cnccc7c6)cc5)nc(-c5ccc(-c6ccc7cnccc7c6)cc5)n4)ccc3cc2c1. The summed E-state index contributed by atoms with van der Waals surface area (Å²) in [6, 6.07) is 107. The summed E-state index contributed by atoms with van der Waals surface area (Å²) in [6.45, 7) is 0. The average Bonchev–Trinajstić information content (AvgIpc) is 0.727. The molecular weight excluding hydrogens is 1270 g/mol. The zero-order valence-corrected chi connectivity index (χ0v) is 56.0. The Balaban J connectivity index is 0.000000143. The van der Waals surface area contributed by atoms with Crippen LogP contribution in [0.15, 0.2) is 353 Å². The van der Waals surface area contributed by atoms with E-state index in [1.165, 1.54) is 26.9 Å². The van der Waals surface area contributed by atoms with E-state index in [0.29, 0.717) is 34.9 Å². The van der Waals surface area contributed by atoms with E-state index in [0.717, 1.165) is 137 Å². The molecule has 14 aromatic carbocycles. The number of benzene rings is 14. The number of aromatic nitrogens is 10. The van der Waals surface area contributed by atoms with Gasteiger partial charge in [0, 0.05) is 105 Å². The van der Waals surface area contributed by atoms with Gasteiger partial charge in [0.05, 0.1) is 0 Å². The fourth-order valence-electron chi connectivity index (χ4n) is 14.1. The van der Waals surface area contributed by atoms with E-state index < -0.39 is 0 Å². The molecule has 0 spiro atoms. The Kier molecular flexibility index (Phi) is 15.3. The van der Waals surface area contributed by atoms with Crippen LogP contribution in [-0.4, -0.2) is 49.8 Å². The summed E-state index contributed by atoms with van der Waals surface area (Å²) in [5.41, 5.74) is 14.7. The van der Waals surface area contributed by atoms with Gasteiger partial charge in [0.2, 0.25) is 0 Å². The fraction of sp³-hybridized carbons (Fsp3) is 0. The lowest BCUT2D eigenvalue weighted by molar-refractivity contribution is 1.07. The van der Waals surface area contributed by atoms with Crippen molar-refractivity contribution in [3.8, 4) is 113 Å². The highest BCUT2D eigenvalue weighted by Gasteiger charge is 2.18. The number of nitrogens with zero attached hydrogens (tertiary/aromatic N) is 10. The second-order valence-corrected chi connectivity index (χ2v) is 26.2. The van der Waals surface area contributed by atoms with Gasteiger partial charge in [-0.3, -0.25) is 19.9 Å². The van der Waals surface area contributed by atoms with Crippen LogP contribution in [0.4, 0.5) is 0 Å². The third-order valence-corrected chi connectivity index (χ3v) is 19.7. The molecule has 0 aliphatic rings. The van der Waals surface area contributed by atoms with Crippen molar-refractivity contribution >= 4 is 86.2 Å². The summed E-state index contributed by atoms with van der Waals surface area (Å²) in [5, 5.41) is 18.5. The second-order valence-electron chi connectivity index (χ2n) is 26.2. The highest BCUT2D eigenvalue weighted by atomic mass is 15.0. The van der Waals surface area contributed by atoms with Crippen molar-refractivity contribution in [3.63, 3.8) is 0 Å². The molecule has 0 amide bonds. The zero-order chi connectivity index (χ0) is 68.9. The molecule has 0 unspecified atom stereocenters. The van der Waals surface area contributed by atoms with Gasteiger partial charge in [0.25, 0.3) is 0 Å². The highest BCUT2D eigenvalue weighted by Crippen LogP contribution is 2.37. The van der Waals surface area contributed by atoms with Gasteiger partial charge in [-0.1, -0.05) is 224 Å². The molecule has 0 fully saturated rings. The van der Waals surface area contributed by atoms with Crippen LogP contribution in [0.25, 0.3) is 199 Å². The highest BCUT2D eigenvalue weighted by molar-refractivity contribution is 6.05. The Bertz CT molecular complexity index is 6420. The van der Waals surface area contributed by atoms with E-state index in [1.54, 1.807) is 0 Å². The molecular formula is C94H58N10. The van der Waals surface area contributed by atoms with Crippen LogP contribution in [0, 0.1) is 0 Å². The Morgan fingerprint density at radius 1 is 0.144 bits per heavy atom. The van der Waals surface area contributed by atoms with Gasteiger partial charge in [-0.05, 0) is 188 Å². The predicted octanol–water partition coefficient (Wildman–Crippen LogP) is 23.2. The molecule has 20 aromatic rings. The molecule has 20 rings (SSSR count). The average molecular weight is 1330 g/mol. The molecule has 0 aliphatic carbocycles. The molecule has 6 aromatic heterocycles. The second kappa shape index (κ2) is 26.1.